The molecule has 0 amide bonds. The summed E-state index contributed by atoms with van der Waals surface area (Å²) in [5.41, 5.74) is 4.35. The van der Waals surface area contributed by atoms with Crippen molar-refractivity contribution in [3.8, 4) is 0 Å². The van der Waals surface area contributed by atoms with Gasteiger partial charge in [-0.25, -0.2) is 0 Å². The van der Waals surface area contributed by atoms with Crippen molar-refractivity contribution in [3.05, 3.63) is 35.8 Å². The second-order valence-electron chi connectivity index (χ2n) is 3.41. The molecule has 0 atom stereocenters. The van der Waals surface area contributed by atoms with Crippen LogP contribution < -0.4 is 5.32 Å². The van der Waals surface area contributed by atoms with Crippen molar-refractivity contribution in [1.82, 2.24) is 10.3 Å². The standard InChI is InChI=1S/C12H17N3/c1-5-10-6-7-11(15-10)12(8(2)13)9(3)14-4/h5-7,13-15H,1H2,2-4H3/b12-9+,13-8?. The van der Waals surface area contributed by atoms with Crippen LogP contribution in [0.25, 0.3) is 11.6 Å². The summed E-state index contributed by atoms with van der Waals surface area (Å²) in [4.78, 5) is 3.20. The Morgan fingerprint density at radius 3 is 2.53 bits per heavy atom. The molecule has 1 aromatic rings. The van der Waals surface area contributed by atoms with Gasteiger partial charge in [-0.1, -0.05) is 6.58 Å². The second kappa shape index (κ2) is 4.64. The van der Waals surface area contributed by atoms with Crippen molar-refractivity contribution in [1.29, 1.82) is 5.41 Å². The van der Waals surface area contributed by atoms with Gasteiger partial charge in [0.2, 0.25) is 0 Å². The quantitative estimate of drug-likeness (QED) is 0.647. The SMILES string of the molecule is C=Cc1ccc(/C(C(C)=N)=C(\C)NC)[nH]1. The Kier molecular flexibility index (Phi) is 3.50. The van der Waals surface area contributed by atoms with Gasteiger partial charge >= 0.3 is 0 Å². The van der Waals surface area contributed by atoms with E-state index in [9.17, 15) is 0 Å². The molecule has 1 aromatic heterocycles. The zero-order chi connectivity index (χ0) is 11.4. The molecule has 0 spiro atoms. The first-order valence-electron chi connectivity index (χ1n) is 4.86. The summed E-state index contributed by atoms with van der Waals surface area (Å²) in [5, 5.41) is 10.8. The highest BCUT2D eigenvalue weighted by atomic mass is 14.8. The molecule has 0 radical (unpaired) electrons. The molecule has 3 heteroatoms. The number of aromatic amines is 1. The zero-order valence-corrected chi connectivity index (χ0v) is 9.44. The zero-order valence-electron chi connectivity index (χ0n) is 9.44. The van der Waals surface area contributed by atoms with E-state index in [0.717, 1.165) is 22.7 Å². The maximum atomic E-state index is 7.75. The van der Waals surface area contributed by atoms with E-state index in [1.807, 2.05) is 26.1 Å². The van der Waals surface area contributed by atoms with Gasteiger partial charge in [0.05, 0.1) is 0 Å². The fourth-order valence-electron chi connectivity index (χ4n) is 1.49. The summed E-state index contributed by atoms with van der Waals surface area (Å²) in [6.07, 6.45) is 1.76. The minimum Gasteiger partial charge on any atom is -0.391 e. The Bertz CT molecular complexity index is 410. The molecule has 3 nitrogen and oxygen atoms in total. The number of nitrogens with one attached hydrogen (secondary N) is 3. The van der Waals surface area contributed by atoms with Crippen molar-refractivity contribution in [2.45, 2.75) is 13.8 Å². The molecule has 0 aliphatic rings. The van der Waals surface area contributed by atoms with E-state index in [2.05, 4.69) is 16.9 Å². The summed E-state index contributed by atoms with van der Waals surface area (Å²) in [7, 11) is 1.86. The third kappa shape index (κ3) is 2.37. The van der Waals surface area contributed by atoms with Crippen LogP contribution in [-0.4, -0.2) is 17.7 Å². The van der Waals surface area contributed by atoms with Crippen LogP contribution in [0.1, 0.15) is 25.2 Å². The second-order valence-corrected chi connectivity index (χ2v) is 3.41. The van der Waals surface area contributed by atoms with Crippen LogP contribution in [0.15, 0.2) is 24.4 Å². The predicted octanol–water partition coefficient (Wildman–Crippen LogP) is 2.65. The molecule has 0 bridgehead atoms. The van der Waals surface area contributed by atoms with Gasteiger partial charge < -0.3 is 15.7 Å². The summed E-state index contributed by atoms with van der Waals surface area (Å²) in [6, 6.07) is 3.92. The minimum atomic E-state index is 0.541. The number of rotatable bonds is 4. The van der Waals surface area contributed by atoms with Gasteiger partial charge in [0.25, 0.3) is 0 Å². The lowest BCUT2D eigenvalue weighted by molar-refractivity contribution is 0.994. The summed E-state index contributed by atoms with van der Waals surface area (Å²) in [6.45, 7) is 7.44. The molecule has 0 aliphatic heterocycles. The van der Waals surface area contributed by atoms with Crippen LogP contribution in [0.3, 0.4) is 0 Å². The first-order chi connectivity index (χ1) is 7.10. The number of allylic oxidation sites excluding steroid dienone is 2. The predicted molar refractivity (Wildman–Crippen MR) is 65.9 cm³/mol. The maximum Gasteiger partial charge on any atom is 0.0494 e. The number of hydrogen-bond donors (Lipinski definition) is 3. The lowest BCUT2D eigenvalue weighted by atomic mass is 10.1. The summed E-state index contributed by atoms with van der Waals surface area (Å²) < 4.78 is 0. The van der Waals surface area contributed by atoms with Gasteiger partial charge in [0.1, 0.15) is 0 Å². The molecular weight excluding hydrogens is 186 g/mol. The molecule has 0 fully saturated rings. The highest BCUT2D eigenvalue weighted by molar-refractivity contribution is 6.21. The lowest BCUT2D eigenvalue weighted by Gasteiger charge is -2.09. The van der Waals surface area contributed by atoms with Crippen molar-refractivity contribution < 1.29 is 0 Å². The average Bonchev–Trinajstić information content (AvgIpc) is 2.65. The van der Waals surface area contributed by atoms with E-state index < -0.39 is 0 Å². The van der Waals surface area contributed by atoms with Crippen molar-refractivity contribution in [3.63, 3.8) is 0 Å². The van der Waals surface area contributed by atoms with E-state index in [4.69, 9.17) is 5.41 Å². The lowest BCUT2D eigenvalue weighted by Crippen LogP contribution is -2.09. The van der Waals surface area contributed by atoms with Gasteiger partial charge in [-0.3, -0.25) is 0 Å². The molecule has 80 valence electrons. The van der Waals surface area contributed by atoms with E-state index in [0.29, 0.717) is 5.71 Å². The molecule has 1 rings (SSSR count). The van der Waals surface area contributed by atoms with Gasteiger partial charge in [0, 0.05) is 35.4 Å². The fourth-order valence-corrected chi connectivity index (χ4v) is 1.49. The fraction of sp³-hybridized carbons (Fsp3) is 0.250. The smallest absolute Gasteiger partial charge is 0.0494 e. The Labute approximate surface area is 90.4 Å². The van der Waals surface area contributed by atoms with Gasteiger partial charge in [-0.15, -0.1) is 0 Å². The molecular formula is C12H17N3. The monoisotopic (exact) mass is 203 g/mol. The van der Waals surface area contributed by atoms with Gasteiger partial charge in [0.15, 0.2) is 0 Å². The van der Waals surface area contributed by atoms with Crippen LogP contribution in [0.4, 0.5) is 0 Å². The number of hydrogen-bond acceptors (Lipinski definition) is 2. The molecule has 0 saturated carbocycles. The Morgan fingerprint density at radius 1 is 1.47 bits per heavy atom. The van der Waals surface area contributed by atoms with Gasteiger partial charge in [-0.2, -0.15) is 0 Å². The van der Waals surface area contributed by atoms with Crippen molar-refractivity contribution >= 4 is 17.4 Å². The third-order valence-electron chi connectivity index (χ3n) is 2.32. The topological polar surface area (TPSA) is 51.7 Å². The Morgan fingerprint density at radius 2 is 2.13 bits per heavy atom. The molecule has 0 aliphatic carbocycles. The largest absolute Gasteiger partial charge is 0.391 e. The molecule has 0 unspecified atom stereocenters. The normalized spacial score (nSPS) is 11.9. The molecule has 3 N–H and O–H groups in total. The van der Waals surface area contributed by atoms with E-state index >= 15 is 0 Å². The Hall–Kier alpha value is -1.77. The van der Waals surface area contributed by atoms with Gasteiger partial charge in [-0.05, 0) is 32.1 Å². The maximum absolute atomic E-state index is 7.75. The first kappa shape index (κ1) is 11.3. The molecule has 0 aromatic carbocycles. The van der Waals surface area contributed by atoms with Crippen molar-refractivity contribution in [2.75, 3.05) is 7.05 Å². The van der Waals surface area contributed by atoms with Crippen LogP contribution in [-0.2, 0) is 0 Å². The first-order valence-corrected chi connectivity index (χ1v) is 4.86. The van der Waals surface area contributed by atoms with Crippen molar-refractivity contribution in [2.24, 2.45) is 0 Å². The Balaban J connectivity index is 3.22. The van der Waals surface area contributed by atoms with Crippen LogP contribution in [0.5, 0.6) is 0 Å². The van der Waals surface area contributed by atoms with Crippen LogP contribution >= 0.6 is 0 Å². The highest BCUT2D eigenvalue weighted by Gasteiger charge is 2.09. The molecule has 0 saturated heterocycles. The number of H-pyrrole nitrogens is 1. The molecule has 15 heavy (non-hydrogen) atoms. The minimum absolute atomic E-state index is 0.541. The van der Waals surface area contributed by atoms with E-state index in [-0.39, 0.29) is 0 Å². The highest BCUT2D eigenvalue weighted by Crippen LogP contribution is 2.18. The summed E-state index contributed by atoms with van der Waals surface area (Å²) >= 11 is 0. The summed E-state index contributed by atoms with van der Waals surface area (Å²) in [5.74, 6) is 0. The van der Waals surface area contributed by atoms with E-state index in [1.54, 1.807) is 13.0 Å². The molecule has 1 heterocycles. The van der Waals surface area contributed by atoms with Crippen LogP contribution in [0.2, 0.25) is 0 Å². The van der Waals surface area contributed by atoms with Crippen LogP contribution in [0, 0.1) is 5.41 Å². The number of aromatic nitrogens is 1. The average molecular weight is 203 g/mol. The third-order valence-corrected chi connectivity index (χ3v) is 2.32. The van der Waals surface area contributed by atoms with E-state index in [1.165, 1.54) is 0 Å².